The van der Waals surface area contributed by atoms with Crippen LogP contribution in [-0.2, 0) is 6.54 Å². The lowest BCUT2D eigenvalue weighted by Gasteiger charge is -2.28. The van der Waals surface area contributed by atoms with Gasteiger partial charge in [-0.3, -0.25) is 0 Å². The normalized spacial score (nSPS) is 15.7. The molecule has 1 N–H and O–H groups in total. The van der Waals surface area contributed by atoms with Gasteiger partial charge in [-0.25, -0.2) is 9.78 Å². The molecule has 0 radical (unpaired) electrons. The number of hydrogen-bond donors (Lipinski definition) is 1. The van der Waals surface area contributed by atoms with Crippen LogP contribution >= 0.6 is 11.3 Å². The molecule has 2 rings (SSSR count). The van der Waals surface area contributed by atoms with Gasteiger partial charge in [0.2, 0.25) is 0 Å². The first-order valence-corrected chi connectivity index (χ1v) is 6.81. The molecule has 0 aliphatic heterocycles. The first-order valence-electron chi connectivity index (χ1n) is 5.93. The van der Waals surface area contributed by atoms with E-state index in [1.165, 1.54) is 0 Å². The van der Waals surface area contributed by atoms with E-state index < -0.39 is 0 Å². The quantitative estimate of drug-likeness (QED) is 0.900. The molecule has 1 aliphatic rings. The molecule has 1 aromatic rings. The van der Waals surface area contributed by atoms with E-state index in [4.69, 9.17) is 0 Å². The van der Waals surface area contributed by atoms with Crippen LogP contribution in [0.4, 0.5) is 4.79 Å². The monoisotopic (exact) mass is 253 g/mol. The van der Waals surface area contributed by atoms with E-state index >= 15 is 0 Å². The highest BCUT2D eigenvalue weighted by Crippen LogP contribution is 2.29. The molecule has 0 aromatic carbocycles. The van der Waals surface area contributed by atoms with Crippen molar-refractivity contribution in [2.45, 2.75) is 51.7 Å². The van der Waals surface area contributed by atoms with E-state index in [9.17, 15) is 4.79 Å². The SMILES string of the molecule is CC(C)(C)NC(=O)N(Cc1nccs1)C1CC1. The summed E-state index contributed by atoms with van der Waals surface area (Å²) in [5.74, 6) is 0. The molecule has 0 bridgehead atoms. The second kappa shape index (κ2) is 4.64. The van der Waals surface area contributed by atoms with Crippen molar-refractivity contribution in [1.29, 1.82) is 0 Å². The Morgan fingerprint density at radius 1 is 1.59 bits per heavy atom. The van der Waals surface area contributed by atoms with Crippen LogP contribution in [0.3, 0.4) is 0 Å². The fourth-order valence-corrected chi connectivity index (χ4v) is 2.24. The summed E-state index contributed by atoms with van der Waals surface area (Å²) in [6.07, 6.45) is 4.01. The summed E-state index contributed by atoms with van der Waals surface area (Å²) in [4.78, 5) is 18.3. The Bertz CT molecular complexity index is 379. The molecule has 1 fully saturated rings. The Morgan fingerprint density at radius 3 is 2.76 bits per heavy atom. The molecule has 94 valence electrons. The lowest BCUT2D eigenvalue weighted by molar-refractivity contribution is 0.183. The summed E-state index contributed by atoms with van der Waals surface area (Å²) in [6.45, 7) is 6.63. The number of thiazole rings is 1. The van der Waals surface area contributed by atoms with Crippen LogP contribution < -0.4 is 5.32 Å². The number of aromatic nitrogens is 1. The first kappa shape index (κ1) is 12.4. The lowest BCUT2D eigenvalue weighted by atomic mass is 10.1. The molecule has 0 saturated heterocycles. The predicted octanol–water partition coefficient (Wildman–Crippen LogP) is 2.62. The zero-order chi connectivity index (χ0) is 12.5. The molecule has 0 spiro atoms. The van der Waals surface area contributed by atoms with E-state index in [1.54, 1.807) is 17.5 Å². The number of amides is 2. The number of hydrogen-bond acceptors (Lipinski definition) is 3. The van der Waals surface area contributed by atoms with Crippen molar-refractivity contribution in [1.82, 2.24) is 15.2 Å². The fraction of sp³-hybridized carbons (Fsp3) is 0.667. The summed E-state index contributed by atoms with van der Waals surface area (Å²) in [6, 6.07) is 0.427. The molecule has 0 unspecified atom stereocenters. The molecular weight excluding hydrogens is 234 g/mol. The first-order chi connectivity index (χ1) is 7.96. The van der Waals surface area contributed by atoms with E-state index in [2.05, 4.69) is 10.3 Å². The van der Waals surface area contributed by atoms with E-state index in [0.717, 1.165) is 17.8 Å². The van der Waals surface area contributed by atoms with Crippen molar-refractivity contribution >= 4 is 17.4 Å². The van der Waals surface area contributed by atoms with Gasteiger partial charge in [-0.15, -0.1) is 11.3 Å². The predicted molar refractivity (Wildman–Crippen MR) is 69.0 cm³/mol. The highest BCUT2D eigenvalue weighted by atomic mass is 32.1. The van der Waals surface area contributed by atoms with Gasteiger partial charge in [-0.1, -0.05) is 0 Å². The second-order valence-corrected chi connectivity index (χ2v) is 6.44. The standard InChI is InChI=1S/C12H19N3OS/c1-12(2,3)14-11(16)15(9-4-5-9)8-10-13-6-7-17-10/h6-7,9H,4-5,8H2,1-3H3,(H,14,16). The van der Waals surface area contributed by atoms with Crippen LogP contribution in [0, 0.1) is 0 Å². The van der Waals surface area contributed by atoms with Crippen molar-refractivity contribution in [3.63, 3.8) is 0 Å². The molecule has 4 nitrogen and oxygen atoms in total. The van der Waals surface area contributed by atoms with Crippen molar-refractivity contribution in [2.24, 2.45) is 0 Å². The maximum absolute atomic E-state index is 12.2. The fourth-order valence-electron chi connectivity index (χ4n) is 1.62. The summed E-state index contributed by atoms with van der Waals surface area (Å²) in [7, 11) is 0. The molecule has 5 heteroatoms. The molecule has 2 amide bonds. The third-order valence-corrected chi connectivity index (χ3v) is 3.28. The summed E-state index contributed by atoms with van der Waals surface area (Å²) < 4.78 is 0. The van der Waals surface area contributed by atoms with Gasteiger partial charge in [0.1, 0.15) is 5.01 Å². The van der Waals surface area contributed by atoms with Gasteiger partial charge in [0.05, 0.1) is 6.54 Å². The van der Waals surface area contributed by atoms with Crippen molar-refractivity contribution in [3.8, 4) is 0 Å². The second-order valence-electron chi connectivity index (χ2n) is 5.47. The minimum absolute atomic E-state index is 0.0233. The zero-order valence-electron chi connectivity index (χ0n) is 10.6. The molecule has 1 saturated carbocycles. The van der Waals surface area contributed by atoms with Crippen LogP contribution in [0.2, 0.25) is 0 Å². The largest absolute Gasteiger partial charge is 0.333 e. The number of nitrogens with zero attached hydrogens (tertiary/aromatic N) is 2. The van der Waals surface area contributed by atoms with Crippen LogP contribution in [0.5, 0.6) is 0 Å². The molecular formula is C12H19N3OS. The maximum Gasteiger partial charge on any atom is 0.318 e. The average molecular weight is 253 g/mol. The molecule has 0 atom stereocenters. The molecule has 1 aliphatic carbocycles. The van der Waals surface area contributed by atoms with Gasteiger partial charge in [-0.2, -0.15) is 0 Å². The number of carbonyl (C=O) groups is 1. The van der Waals surface area contributed by atoms with E-state index in [-0.39, 0.29) is 11.6 Å². The summed E-state index contributed by atoms with van der Waals surface area (Å²) in [5, 5.41) is 5.96. The topological polar surface area (TPSA) is 45.2 Å². The Kier molecular flexibility index (Phi) is 3.38. The Labute approximate surface area is 106 Å². The van der Waals surface area contributed by atoms with E-state index in [1.807, 2.05) is 31.1 Å². The highest BCUT2D eigenvalue weighted by Gasteiger charge is 2.34. The van der Waals surface area contributed by atoms with Crippen LogP contribution in [0.1, 0.15) is 38.6 Å². The van der Waals surface area contributed by atoms with Gasteiger partial charge < -0.3 is 10.2 Å². The average Bonchev–Trinajstić information content (AvgIpc) is 2.89. The van der Waals surface area contributed by atoms with Crippen molar-refractivity contribution in [2.75, 3.05) is 0 Å². The summed E-state index contributed by atoms with van der Waals surface area (Å²) in [5.41, 5.74) is -0.187. The minimum Gasteiger partial charge on any atom is -0.333 e. The maximum atomic E-state index is 12.2. The minimum atomic E-state index is -0.187. The Balaban J connectivity index is 1.99. The third-order valence-electron chi connectivity index (χ3n) is 2.52. The van der Waals surface area contributed by atoms with Gasteiger partial charge in [0.15, 0.2) is 0 Å². The number of urea groups is 1. The Morgan fingerprint density at radius 2 is 2.29 bits per heavy atom. The van der Waals surface area contributed by atoms with Crippen LogP contribution in [-0.4, -0.2) is 27.5 Å². The van der Waals surface area contributed by atoms with E-state index in [0.29, 0.717) is 12.6 Å². The van der Waals surface area contributed by atoms with Crippen LogP contribution in [0.25, 0.3) is 0 Å². The molecule has 1 aromatic heterocycles. The summed E-state index contributed by atoms with van der Waals surface area (Å²) >= 11 is 1.60. The molecule has 17 heavy (non-hydrogen) atoms. The van der Waals surface area contributed by atoms with Gasteiger partial charge in [-0.05, 0) is 33.6 Å². The third kappa shape index (κ3) is 3.70. The highest BCUT2D eigenvalue weighted by molar-refractivity contribution is 7.09. The van der Waals surface area contributed by atoms with Gasteiger partial charge in [0.25, 0.3) is 0 Å². The number of carbonyl (C=O) groups excluding carboxylic acids is 1. The number of rotatable bonds is 3. The van der Waals surface area contributed by atoms with Crippen molar-refractivity contribution in [3.05, 3.63) is 16.6 Å². The van der Waals surface area contributed by atoms with Crippen molar-refractivity contribution < 1.29 is 4.79 Å². The smallest absolute Gasteiger partial charge is 0.318 e. The molecule has 1 heterocycles. The number of nitrogens with one attached hydrogen (secondary N) is 1. The lowest BCUT2D eigenvalue weighted by Crippen LogP contribution is -2.49. The zero-order valence-corrected chi connectivity index (χ0v) is 11.4. The van der Waals surface area contributed by atoms with Gasteiger partial charge in [0, 0.05) is 23.2 Å². The van der Waals surface area contributed by atoms with Crippen LogP contribution in [0.15, 0.2) is 11.6 Å². The van der Waals surface area contributed by atoms with Gasteiger partial charge >= 0.3 is 6.03 Å². The Hall–Kier alpha value is -1.10.